The number of aromatic amines is 1. The van der Waals surface area contributed by atoms with Crippen LogP contribution >= 0.6 is 0 Å². The number of carbonyl (C=O) groups excluding carboxylic acids is 2. The Morgan fingerprint density at radius 2 is 1.90 bits per heavy atom. The molecule has 0 aliphatic carbocycles. The molecule has 1 amide bonds. The number of likely N-dealkylation sites (tertiary alicyclic amines) is 1. The number of hydrogen-bond donors (Lipinski definition) is 2. The molecule has 1 aliphatic heterocycles. The number of H-pyrrole nitrogens is 1. The molecule has 0 saturated carbocycles. The maximum atomic E-state index is 12.8. The first-order valence-electron chi connectivity index (χ1n) is 9.77. The Kier molecular flexibility index (Phi) is 5.76. The third-order valence-corrected chi connectivity index (χ3v) is 5.17. The fourth-order valence-corrected chi connectivity index (χ4v) is 3.76. The molecule has 1 aromatic heterocycles. The zero-order valence-corrected chi connectivity index (χ0v) is 16.0. The minimum atomic E-state index is -0.128. The van der Waals surface area contributed by atoms with Crippen LogP contribution in [0.5, 0.6) is 0 Å². The molecule has 0 spiro atoms. The minimum Gasteiger partial charge on any atom is -0.324 e. The Hall–Kier alpha value is -3.32. The van der Waals surface area contributed by atoms with Crippen LogP contribution < -0.4 is 5.32 Å². The van der Waals surface area contributed by atoms with Crippen molar-refractivity contribution >= 4 is 17.4 Å². The highest BCUT2D eigenvalue weighted by Gasteiger charge is 2.25. The highest BCUT2D eigenvalue weighted by Crippen LogP contribution is 2.24. The predicted molar refractivity (Wildman–Crippen MR) is 110 cm³/mol. The van der Waals surface area contributed by atoms with Crippen LogP contribution in [0.25, 0.3) is 0 Å². The number of carbonyl (C=O) groups is 2. The molecule has 1 atom stereocenters. The van der Waals surface area contributed by atoms with Gasteiger partial charge >= 0.3 is 0 Å². The van der Waals surface area contributed by atoms with Crippen molar-refractivity contribution in [2.24, 2.45) is 0 Å². The number of aromatic nitrogens is 3. The number of benzene rings is 2. The van der Waals surface area contributed by atoms with E-state index < -0.39 is 0 Å². The van der Waals surface area contributed by atoms with Gasteiger partial charge in [-0.3, -0.25) is 19.6 Å². The monoisotopic (exact) mass is 389 g/mol. The summed E-state index contributed by atoms with van der Waals surface area (Å²) < 4.78 is 0. The minimum absolute atomic E-state index is 0.107. The second kappa shape index (κ2) is 8.79. The molecular weight excluding hydrogens is 366 g/mol. The number of hydrogen-bond acceptors (Lipinski definition) is 5. The van der Waals surface area contributed by atoms with Crippen molar-refractivity contribution in [1.29, 1.82) is 0 Å². The van der Waals surface area contributed by atoms with Crippen LogP contribution in [0.15, 0.2) is 60.9 Å². The molecule has 29 heavy (non-hydrogen) atoms. The number of para-hydroxylation sites is 1. The summed E-state index contributed by atoms with van der Waals surface area (Å²) in [6.07, 6.45) is 3.55. The zero-order chi connectivity index (χ0) is 20.1. The maximum absolute atomic E-state index is 12.8. The van der Waals surface area contributed by atoms with E-state index >= 15 is 0 Å². The summed E-state index contributed by atoms with van der Waals surface area (Å²) in [5.41, 5.74) is 1.63. The van der Waals surface area contributed by atoms with Crippen molar-refractivity contribution in [3.05, 3.63) is 77.9 Å². The lowest BCUT2D eigenvalue weighted by molar-refractivity contribution is -0.117. The van der Waals surface area contributed by atoms with Crippen molar-refractivity contribution in [3.8, 4) is 0 Å². The molecule has 0 bridgehead atoms. The molecular formula is C22H23N5O2. The van der Waals surface area contributed by atoms with Gasteiger partial charge in [0.25, 0.3) is 0 Å². The zero-order valence-electron chi connectivity index (χ0n) is 16.0. The summed E-state index contributed by atoms with van der Waals surface area (Å²) >= 11 is 0. The summed E-state index contributed by atoms with van der Waals surface area (Å²) in [6, 6.07) is 16.2. The third-order valence-electron chi connectivity index (χ3n) is 5.17. The molecule has 0 radical (unpaired) electrons. The lowest BCUT2D eigenvalue weighted by Crippen LogP contribution is -2.40. The molecule has 7 heteroatoms. The summed E-state index contributed by atoms with van der Waals surface area (Å²) in [7, 11) is 0. The van der Waals surface area contributed by atoms with E-state index in [2.05, 4.69) is 25.4 Å². The number of amides is 1. The van der Waals surface area contributed by atoms with E-state index in [-0.39, 0.29) is 24.2 Å². The average Bonchev–Trinajstić information content (AvgIpc) is 3.29. The predicted octanol–water partition coefficient (Wildman–Crippen LogP) is 2.85. The van der Waals surface area contributed by atoms with E-state index in [1.54, 1.807) is 30.3 Å². The number of rotatable bonds is 6. The molecule has 4 rings (SSSR count). The first-order chi connectivity index (χ1) is 14.2. The highest BCUT2D eigenvalue weighted by molar-refractivity contribution is 6.13. The fraction of sp³-hybridized carbons (Fsp3) is 0.273. The van der Waals surface area contributed by atoms with Gasteiger partial charge in [0.05, 0.1) is 12.2 Å². The van der Waals surface area contributed by atoms with Gasteiger partial charge in [-0.15, -0.1) is 0 Å². The Bertz CT molecular complexity index is 972. The van der Waals surface area contributed by atoms with Gasteiger partial charge < -0.3 is 5.32 Å². The van der Waals surface area contributed by atoms with Crippen LogP contribution in [-0.2, 0) is 4.79 Å². The van der Waals surface area contributed by atoms with Crippen molar-refractivity contribution in [3.63, 3.8) is 0 Å². The summed E-state index contributed by atoms with van der Waals surface area (Å²) in [6.45, 7) is 1.90. The highest BCUT2D eigenvalue weighted by atomic mass is 16.2. The largest absolute Gasteiger partial charge is 0.324 e. The van der Waals surface area contributed by atoms with E-state index in [4.69, 9.17) is 0 Å². The number of nitrogens with one attached hydrogen (secondary N) is 2. The van der Waals surface area contributed by atoms with Crippen molar-refractivity contribution in [1.82, 2.24) is 20.1 Å². The Balaban J connectivity index is 1.42. The first-order valence-corrected chi connectivity index (χ1v) is 9.77. The van der Waals surface area contributed by atoms with Gasteiger partial charge in [-0.25, -0.2) is 4.98 Å². The molecule has 3 aromatic rings. The van der Waals surface area contributed by atoms with E-state index in [9.17, 15) is 9.59 Å². The summed E-state index contributed by atoms with van der Waals surface area (Å²) in [4.78, 5) is 31.9. The molecule has 2 heterocycles. The molecule has 1 fully saturated rings. The third kappa shape index (κ3) is 4.57. The van der Waals surface area contributed by atoms with Gasteiger partial charge in [0.1, 0.15) is 12.2 Å². The van der Waals surface area contributed by atoms with Gasteiger partial charge in [-0.1, -0.05) is 42.5 Å². The van der Waals surface area contributed by atoms with Crippen LogP contribution in [0.3, 0.4) is 0 Å². The molecule has 1 aliphatic rings. The van der Waals surface area contributed by atoms with Gasteiger partial charge in [0, 0.05) is 23.6 Å². The second-order valence-electron chi connectivity index (χ2n) is 7.23. The van der Waals surface area contributed by atoms with Crippen LogP contribution in [0.4, 0.5) is 5.69 Å². The molecule has 148 valence electrons. The van der Waals surface area contributed by atoms with Gasteiger partial charge in [0.15, 0.2) is 5.78 Å². The van der Waals surface area contributed by atoms with E-state index in [1.807, 2.05) is 24.3 Å². The smallest absolute Gasteiger partial charge is 0.238 e. The van der Waals surface area contributed by atoms with Crippen LogP contribution in [0, 0.1) is 0 Å². The SMILES string of the molecule is O=C(CN1CCCC(c2ncn[nH]2)C1)Nc1ccccc1C(=O)c1ccccc1. The fourth-order valence-electron chi connectivity index (χ4n) is 3.76. The normalized spacial score (nSPS) is 17.0. The lowest BCUT2D eigenvalue weighted by atomic mass is 9.97. The van der Waals surface area contributed by atoms with Gasteiger partial charge in [0.2, 0.25) is 5.91 Å². The number of piperidine rings is 1. The lowest BCUT2D eigenvalue weighted by Gasteiger charge is -2.31. The van der Waals surface area contributed by atoms with Crippen LogP contribution in [0.2, 0.25) is 0 Å². The first kappa shape index (κ1) is 19.0. The topological polar surface area (TPSA) is 91.0 Å². The Morgan fingerprint density at radius 1 is 1.10 bits per heavy atom. The number of nitrogens with zero attached hydrogens (tertiary/aromatic N) is 3. The van der Waals surface area contributed by atoms with E-state index in [0.717, 1.165) is 31.8 Å². The van der Waals surface area contributed by atoms with Crippen LogP contribution in [-0.4, -0.2) is 51.4 Å². The van der Waals surface area contributed by atoms with Crippen molar-refractivity contribution < 1.29 is 9.59 Å². The molecule has 1 saturated heterocycles. The Morgan fingerprint density at radius 3 is 2.69 bits per heavy atom. The number of ketones is 1. The van der Waals surface area contributed by atoms with Crippen molar-refractivity contribution in [2.45, 2.75) is 18.8 Å². The molecule has 2 aromatic carbocycles. The average molecular weight is 389 g/mol. The van der Waals surface area contributed by atoms with E-state index in [0.29, 0.717) is 16.8 Å². The summed E-state index contributed by atoms with van der Waals surface area (Å²) in [5.74, 6) is 0.890. The van der Waals surface area contributed by atoms with Crippen molar-refractivity contribution in [2.75, 3.05) is 25.0 Å². The maximum Gasteiger partial charge on any atom is 0.238 e. The standard InChI is InChI=1S/C22H23N5O2/c28-20(14-27-12-6-9-17(13-27)22-23-15-24-26-22)25-19-11-5-4-10-18(19)21(29)16-7-2-1-3-8-16/h1-5,7-8,10-11,15,17H,6,9,12-14H2,(H,25,28)(H,23,24,26). The quantitative estimate of drug-likeness (QED) is 0.633. The van der Waals surface area contributed by atoms with Gasteiger partial charge in [-0.2, -0.15) is 5.10 Å². The van der Waals surface area contributed by atoms with Gasteiger partial charge in [-0.05, 0) is 31.5 Å². The number of anilines is 1. The second-order valence-corrected chi connectivity index (χ2v) is 7.23. The molecule has 2 N–H and O–H groups in total. The summed E-state index contributed by atoms with van der Waals surface area (Å²) in [5, 5.41) is 9.78. The Labute approximate surface area is 169 Å². The van der Waals surface area contributed by atoms with E-state index in [1.165, 1.54) is 6.33 Å². The molecule has 1 unspecified atom stereocenters. The van der Waals surface area contributed by atoms with Crippen LogP contribution in [0.1, 0.15) is 40.5 Å². The molecule has 7 nitrogen and oxygen atoms in total.